The third kappa shape index (κ3) is 7.15. The third-order valence-corrected chi connectivity index (χ3v) is 6.56. The van der Waals surface area contributed by atoms with Crippen LogP contribution in [0, 0.1) is 10.1 Å². The monoisotopic (exact) mass is 613 g/mol. The zero-order chi connectivity index (χ0) is 27.9. The predicted octanol–water partition coefficient (Wildman–Crippen LogP) is 6.22. The van der Waals surface area contributed by atoms with E-state index in [1.807, 2.05) is 0 Å². The van der Waals surface area contributed by atoms with Crippen molar-refractivity contribution in [3.05, 3.63) is 91.3 Å². The van der Waals surface area contributed by atoms with Crippen LogP contribution >= 0.6 is 27.7 Å². The average molecular weight is 614 g/mol. The summed E-state index contributed by atoms with van der Waals surface area (Å²) in [6.07, 6.45) is 1.43. The molecule has 1 N–H and O–H groups in total. The third-order valence-electron chi connectivity index (χ3n) is 5.21. The smallest absolute Gasteiger partial charge is 0.342 e. The highest BCUT2D eigenvalue weighted by molar-refractivity contribution is 9.10. The normalized spacial score (nSPS) is 11.2. The summed E-state index contributed by atoms with van der Waals surface area (Å²) in [5, 5.41) is 28.8. The van der Waals surface area contributed by atoms with Crippen molar-refractivity contribution < 1.29 is 33.5 Å². The average Bonchev–Trinajstić information content (AvgIpc) is 3.40. The van der Waals surface area contributed by atoms with Gasteiger partial charge in [-0.1, -0.05) is 15.9 Å². The van der Waals surface area contributed by atoms with Gasteiger partial charge in [0.25, 0.3) is 10.9 Å². The first-order valence-electron chi connectivity index (χ1n) is 11.1. The minimum absolute atomic E-state index is 0.0174. The van der Waals surface area contributed by atoms with Crippen molar-refractivity contribution in [2.24, 2.45) is 0 Å². The number of nitro benzene ring substituents is 1. The second kappa shape index (κ2) is 12.5. The van der Waals surface area contributed by atoms with Crippen molar-refractivity contribution in [2.45, 2.75) is 11.8 Å². The van der Waals surface area contributed by atoms with Gasteiger partial charge in [-0.05, 0) is 65.9 Å². The molecule has 39 heavy (non-hydrogen) atoms. The highest BCUT2D eigenvalue weighted by Gasteiger charge is 2.18. The quantitative estimate of drug-likeness (QED) is 0.0889. The summed E-state index contributed by atoms with van der Waals surface area (Å²) in [4.78, 5) is 22.4. The lowest BCUT2D eigenvalue weighted by molar-refractivity contribution is -0.384. The van der Waals surface area contributed by atoms with Crippen molar-refractivity contribution >= 4 is 45.4 Å². The number of rotatable bonds is 11. The molecule has 0 radical (unpaired) electrons. The molecule has 0 aliphatic heterocycles. The number of hydrogen-bond acceptors (Lipinski definition) is 10. The van der Waals surface area contributed by atoms with Crippen LogP contribution in [0.3, 0.4) is 0 Å². The van der Waals surface area contributed by atoms with E-state index in [-0.39, 0.29) is 28.3 Å². The van der Waals surface area contributed by atoms with Crippen LogP contribution in [-0.4, -0.2) is 40.4 Å². The van der Waals surface area contributed by atoms with E-state index < -0.39 is 10.9 Å². The van der Waals surface area contributed by atoms with Gasteiger partial charge in [0.1, 0.15) is 28.8 Å². The number of nitro groups is 1. The maximum Gasteiger partial charge on any atom is 0.342 e. The number of hydrogen-bond donors (Lipinski definition) is 1. The summed E-state index contributed by atoms with van der Waals surface area (Å²) in [7, 11) is 3.03. The van der Waals surface area contributed by atoms with E-state index in [4.69, 9.17) is 18.6 Å². The summed E-state index contributed by atoms with van der Waals surface area (Å²) in [5.41, 5.74) is 1.71. The van der Waals surface area contributed by atoms with Crippen LogP contribution in [0.4, 0.5) is 5.69 Å². The van der Waals surface area contributed by atoms with Gasteiger partial charge in [0.05, 0.1) is 19.1 Å². The first kappa shape index (κ1) is 27.7. The Hall–Kier alpha value is -4.36. The van der Waals surface area contributed by atoms with E-state index in [2.05, 4.69) is 26.1 Å². The van der Waals surface area contributed by atoms with Gasteiger partial charge < -0.3 is 23.7 Å². The number of nitrogens with zero attached hydrogens (tertiary/aromatic N) is 3. The van der Waals surface area contributed by atoms with Gasteiger partial charge in [-0.15, -0.1) is 10.2 Å². The number of aliphatic carboxylic acids is 1. The largest absolute Gasteiger partial charge is 0.497 e. The molecule has 13 heteroatoms. The first-order chi connectivity index (χ1) is 18.7. The van der Waals surface area contributed by atoms with E-state index >= 15 is 0 Å². The van der Waals surface area contributed by atoms with Crippen molar-refractivity contribution in [3.63, 3.8) is 0 Å². The highest BCUT2D eigenvalue weighted by Crippen LogP contribution is 2.35. The molecule has 1 heterocycles. The van der Waals surface area contributed by atoms with E-state index in [0.29, 0.717) is 38.4 Å². The van der Waals surface area contributed by atoms with Crippen LogP contribution in [0.15, 0.2) is 79.7 Å². The maximum absolute atomic E-state index is 12.1. The molecule has 0 unspecified atom stereocenters. The van der Waals surface area contributed by atoms with E-state index in [0.717, 1.165) is 11.8 Å². The Kier molecular flexibility index (Phi) is 8.84. The van der Waals surface area contributed by atoms with Crippen LogP contribution in [0.5, 0.6) is 17.2 Å². The maximum atomic E-state index is 12.1. The molecule has 0 aliphatic carbocycles. The molecule has 3 aromatic carbocycles. The second-order valence-electron chi connectivity index (χ2n) is 7.78. The SMILES string of the molecule is COc1cc(OC)cc(-c2nnc(S/C(=C\c3cc(Br)ccc3OCc3ccc([N+](=O)[O-])cc3)C(=O)O)o2)c1. The second-order valence-corrected chi connectivity index (χ2v) is 9.69. The Bertz CT molecular complexity index is 1520. The Labute approximate surface area is 234 Å². The summed E-state index contributed by atoms with van der Waals surface area (Å²) in [6, 6.07) is 16.2. The molecule has 4 aromatic rings. The van der Waals surface area contributed by atoms with Crippen molar-refractivity contribution in [3.8, 4) is 28.7 Å². The van der Waals surface area contributed by atoms with Gasteiger partial charge >= 0.3 is 5.97 Å². The molecule has 1 aromatic heterocycles. The number of carboxylic acid groups (broad SMARTS) is 1. The van der Waals surface area contributed by atoms with Gasteiger partial charge in [0.2, 0.25) is 5.89 Å². The molecule has 200 valence electrons. The van der Waals surface area contributed by atoms with Gasteiger partial charge in [0.15, 0.2) is 0 Å². The number of thioether (sulfide) groups is 1. The molecule has 0 atom stereocenters. The Morgan fingerprint density at radius 2 is 1.77 bits per heavy atom. The van der Waals surface area contributed by atoms with Crippen LogP contribution in [0.1, 0.15) is 11.1 Å². The van der Waals surface area contributed by atoms with E-state index in [1.54, 1.807) is 48.5 Å². The van der Waals surface area contributed by atoms with Crippen LogP contribution in [0.25, 0.3) is 17.5 Å². The molecule has 0 amide bonds. The summed E-state index contributed by atoms with van der Waals surface area (Å²) >= 11 is 4.18. The van der Waals surface area contributed by atoms with Gasteiger partial charge in [-0.2, -0.15) is 0 Å². The number of ether oxygens (including phenoxy) is 3. The van der Waals surface area contributed by atoms with Gasteiger partial charge in [0, 0.05) is 33.8 Å². The number of aromatic nitrogens is 2. The number of methoxy groups -OCH3 is 2. The zero-order valence-corrected chi connectivity index (χ0v) is 22.9. The number of benzene rings is 3. The molecular weight excluding hydrogens is 594 g/mol. The van der Waals surface area contributed by atoms with Crippen LogP contribution in [-0.2, 0) is 11.4 Å². The lowest BCUT2D eigenvalue weighted by atomic mass is 10.2. The molecule has 0 aliphatic rings. The summed E-state index contributed by atoms with van der Waals surface area (Å²) < 4.78 is 22.9. The van der Waals surface area contributed by atoms with Crippen molar-refractivity contribution in [1.82, 2.24) is 10.2 Å². The van der Waals surface area contributed by atoms with Gasteiger partial charge in [-0.3, -0.25) is 10.1 Å². The minimum Gasteiger partial charge on any atom is -0.497 e. The number of halogens is 1. The van der Waals surface area contributed by atoms with Crippen molar-refractivity contribution in [2.75, 3.05) is 14.2 Å². The van der Waals surface area contributed by atoms with E-state index in [9.17, 15) is 20.0 Å². The molecule has 4 rings (SSSR count). The lowest BCUT2D eigenvalue weighted by Gasteiger charge is -2.11. The standard InChI is InChI=1S/C26H20BrN3O8S/c1-35-20-10-17(11-21(13-20)36-2)24-28-29-26(38-24)39-23(25(31)32)12-16-9-18(27)5-8-22(16)37-14-15-3-6-19(7-4-15)30(33)34/h3-13H,14H2,1-2H3,(H,31,32)/b23-12-. The van der Waals surface area contributed by atoms with E-state index in [1.165, 1.54) is 32.4 Å². The number of non-ortho nitro benzene ring substituents is 1. The van der Waals surface area contributed by atoms with Crippen molar-refractivity contribution in [1.29, 1.82) is 0 Å². The molecular formula is C26H20BrN3O8S. The molecule has 0 bridgehead atoms. The highest BCUT2D eigenvalue weighted by atomic mass is 79.9. The first-order valence-corrected chi connectivity index (χ1v) is 12.7. The van der Waals surface area contributed by atoms with Crippen LogP contribution < -0.4 is 14.2 Å². The molecule has 0 saturated heterocycles. The zero-order valence-electron chi connectivity index (χ0n) is 20.5. The lowest BCUT2D eigenvalue weighted by Crippen LogP contribution is -2.00. The number of carbonyl (C=O) groups is 1. The predicted molar refractivity (Wildman–Crippen MR) is 146 cm³/mol. The summed E-state index contributed by atoms with van der Waals surface area (Å²) in [5.74, 6) is 0.418. The molecule has 0 fully saturated rings. The minimum atomic E-state index is -1.20. The topological polar surface area (TPSA) is 147 Å². The molecule has 11 nitrogen and oxygen atoms in total. The summed E-state index contributed by atoms with van der Waals surface area (Å²) in [6.45, 7) is 0.118. The Balaban J connectivity index is 1.57. The molecule has 0 saturated carbocycles. The fourth-order valence-electron chi connectivity index (χ4n) is 3.31. The fraction of sp³-hybridized carbons (Fsp3) is 0.115. The van der Waals surface area contributed by atoms with Crippen LogP contribution in [0.2, 0.25) is 0 Å². The molecule has 0 spiro atoms. The fourth-order valence-corrected chi connectivity index (χ4v) is 4.35. The number of carboxylic acids is 1. The Morgan fingerprint density at radius 3 is 2.38 bits per heavy atom. The van der Waals surface area contributed by atoms with Gasteiger partial charge in [-0.25, -0.2) is 4.79 Å². The Morgan fingerprint density at radius 1 is 1.08 bits per heavy atom.